The summed E-state index contributed by atoms with van der Waals surface area (Å²) in [6, 6.07) is 4.19. The van der Waals surface area contributed by atoms with Crippen LogP contribution in [0.4, 0.5) is 5.82 Å². The molecule has 0 saturated carbocycles. The maximum Gasteiger partial charge on any atom is 0.128 e. The maximum absolute atomic E-state index is 11.3. The summed E-state index contributed by atoms with van der Waals surface area (Å²) in [5, 5.41) is 3.36. The van der Waals surface area contributed by atoms with E-state index in [2.05, 4.69) is 34.3 Å². The summed E-state index contributed by atoms with van der Waals surface area (Å²) in [6.45, 7) is 5.79. The molecule has 5 heteroatoms. The van der Waals surface area contributed by atoms with Crippen LogP contribution in [0.2, 0.25) is 0 Å². The molecule has 1 aromatic rings. The second kappa shape index (κ2) is 6.85. The van der Waals surface area contributed by atoms with E-state index in [1.54, 1.807) is 0 Å². The van der Waals surface area contributed by atoms with Crippen LogP contribution < -0.4 is 10.2 Å². The van der Waals surface area contributed by atoms with Crippen LogP contribution in [0, 0.1) is 0 Å². The van der Waals surface area contributed by atoms with Crippen LogP contribution in [0.1, 0.15) is 18.9 Å². The minimum absolute atomic E-state index is 0.624. The van der Waals surface area contributed by atoms with Gasteiger partial charge in [0.25, 0.3) is 0 Å². The molecular weight excluding hydrogens is 246 g/mol. The molecule has 1 aliphatic rings. The Kier molecular flexibility index (Phi) is 5.13. The number of pyridine rings is 1. The SMILES string of the molecule is CCCNCc1ccc(N2CCS(=O)CC2)nc1. The number of nitrogens with zero attached hydrogens (tertiary/aromatic N) is 2. The van der Waals surface area contributed by atoms with Crippen LogP contribution >= 0.6 is 0 Å². The van der Waals surface area contributed by atoms with E-state index >= 15 is 0 Å². The van der Waals surface area contributed by atoms with Gasteiger partial charge in [0.05, 0.1) is 0 Å². The van der Waals surface area contributed by atoms with Crippen LogP contribution in [0.25, 0.3) is 0 Å². The minimum Gasteiger partial charge on any atom is -0.355 e. The molecule has 1 N–H and O–H groups in total. The lowest BCUT2D eigenvalue weighted by molar-refractivity contribution is 0.670. The van der Waals surface area contributed by atoms with Crippen LogP contribution in [0.3, 0.4) is 0 Å². The van der Waals surface area contributed by atoms with Gasteiger partial charge in [-0.25, -0.2) is 4.98 Å². The molecule has 0 aromatic carbocycles. The first kappa shape index (κ1) is 13.5. The van der Waals surface area contributed by atoms with Crippen molar-refractivity contribution in [2.45, 2.75) is 19.9 Å². The number of aromatic nitrogens is 1. The molecule has 1 aliphatic heterocycles. The Morgan fingerprint density at radius 1 is 1.39 bits per heavy atom. The lowest BCUT2D eigenvalue weighted by Gasteiger charge is -2.27. The number of nitrogens with one attached hydrogen (secondary N) is 1. The monoisotopic (exact) mass is 267 g/mol. The van der Waals surface area contributed by atoms with Crippen molar-refractivity contribution in [3.63, 3.8) is 0 Å². The van der Waals surface area contributed by atoms with Gasteiger partial charge in [0.1, 0.15) is 5.82 Å². The van der Waals surface area contributed by atoms with E-state index < -0.39 is 10.8 Å². The molecule has 0 aliphatic carbocycles. The Hall–Kier alpha value is -0.940. The lowest BCUT2D eigenvalue weighted by atomic mass is 10.2. The predicted octanol–water partition coefficient (Wildman–Crippen LogP) is 1.15. The van der Waals surface area contributed by atoms with Gasteiger partial charge >= 0.3 is 0 Å². The first-order chi connectivity index (χ1) is 8.79. The zero-order valence-electron chi connectivity index (χ0n) is 10.9. The van der Waals surface area contributed by atoms with Gasteiger partial charge in [-0.2, -0.15) is 0 Å². The van der Waals surface area contributed by atoms with Crippen LogP contribution in [0.5, 0.6) is 0 Å². The molecule has 0 unspecified atom stereocenters. The second-order valence-corrected chi connectivity index (χ2v) is 6.23. The van der Waals surface area contributed by atoms with Crippen molar-refractivity contribution in [1.29, 1.82) is 0 Å². The lowest BCUT2D eigenvalue weighted by Crippen LogP contribution is -2.38. The van der Waals surface area contributed by atoms with E-state index in [9.17, 15) is 4.21 Å². The number of anilines is 1. The molecule has 0 bridgehead atoms. The third-order valence-electron chi connectivity index (χ3n) is 3.07. The average Bonchev–Trinajstić information content (AvgIpc) is 2.41. The zero-order valence-corrected chi connectivity index (χ0v) is 11.7. The third-order valence-corrected chi connectivity index (χ3v) is 4.34. The number of hydrogen-bond donors (Lipinski definition) is 1. The van der Waals surface area contributed by atoms with Crippen molar-refractivity contribution in [3.8, 4) is 0 Å². The van der Waals surface area contributed by atoms with Crippen LogP contribution in [0.15, 0.2) is 18.3 Å². The Morgan fingerprint density at radius 3 is 2.78 bits per heavy atom. The van der Waals surface area contributed by atoms with Gasteiger partial charge in [-0.05, 0) is 24.6 Å². The molecule has 4 nitrogen and oxygen atoms in total. The fourth-order valence-corrected chi connectivity index (χ4v) is 3.04. The standard InChI is InChI=1S/C13H21N3OS/c1-2-5-14-10-12-3-4-13(15-11-12)16-6-8-18(17)9-7-16/h3-4,11,14H,2,5-10H2,1H3. The first-order valence-electron chi connectivity index (χ1n) is 6.55. The summed E-state index contributed by atoms with van der Waals surface area (Å²) in [5.41, 5.74) is 1.22. The molecule has 0 spiro atoms. The molecule has 1 fully saturated rings. The molecule has 0 atom stereocenters. The van der Waals surface area contributed by atoms with Gasteiger partial charge in [0.2, 0.25) is 0 Å². The summed E-state index contributed by atoms with van der Waals surface area (Å²) >= 11 is 0. The van der Waals surface area contributed by atoms with Crippen molar-refractivity contribution < 1.29 is 4.21 Å². The molecule has 1 aromatic heterocycles. The fraction of sp³-hybridized carbons (Fsp3) is 0.615. The summed E-state index contributed by atoms with van der Waals surface area (Å²) in [6.07, 6.45) is 3.08. The molecule has 100 valence electrons. The normalized spacial score (nSPS) is 17.1. The van der Waals surface area contributed by atoms with Crippen molar-refractivity contribution in [1.82, 2.24) is 10.3 Å². The van der Waals surface area contributed by atoms with Gasteiger partial charge in [-0.3, -0.25) is 4.21 Å². The molecule has 1 saturated heterocycles. The summed E-state index contributed by atoms with van der Waals surface area (Å²) in [7, 11) is -0.624. The molecule has 18 heavy (non-hydrogen) atoms. The first-order valence-corrected chi connectivity index (χ1v) is 8.04. The minimum atomic E-state index is -0.624. The van der Waals surface area contributed by atoms with E-state index in [1.807, 2.05) is 6.20 Å². The zero-order chi connectivity index (χ0) is 12.8. The van der Waals surface area contributed by atoms with Crippen molar-refractivity contribution in [3.05, 3.63) is 23.9 Å². The quantitative estimate of drug-likeness (QED) is 0.813. The molecule has 0 amide bonds. The van der Waals surface area contributed by atoms with E-state index in [-0.39, 0.29) is 0 Å². The van der Waals surface area contributed by atoms with Gasteiger partial charge in [0, 0.05) is 48.1 Å². The highest BCUT2D eigenvalue weighted by Gasteiger charge is 2.15. The van der Waals surface area contributed by atoms with Crippen LogP contribution in [-0.4, -0.2) is 40.3 Å². The average molecular weight is 267 g/mol. The Balaban J connectivity index is 1.89. The second-order valence-electron chi connectivity index (χ2n) is 4.54. The Bertz CT molecular complexity index is 384. The Labute approximate surface area is 111 Å². The maximum atomic E-state index is 11.3. The number of rotatable bonds is 5. The van der Waals surface area contributed by atoms with Crippen molar-refractivity contribution in [2.75, 3.05) is 36.0 Å². The van der Waals surface area contributed by atoms with Gasteiger partial charge < -0.3 is 10.2 Å². The van der Waals surface area contributed by atoms with Gasteiger partial charge in [-0.1, -0.05) is 13.0 Å². The topological polar surface area (TPSA) is 45.2 Å². The van der Waals surface area contributed by atoms with Crippen molar-refractivity contribution in [2.24, 2.45) is 0 Å². The van der Waals surface area contributed by atoms with Crippen molar-refractivity contribution >= 4 is 16.6 Å². The summed E-state index contributed by atoms with van der Waals surface area (Å²) in [4.78, 5) is 6.71. The predicted molar refractivity (Wildman–Crippen MR) is 76.3 cm³/mol. The summed E-state index contributed by atoms with van der Waals surface area (Å²) < 4.78 is 11.3. The van der Waals surface area contributed by atoms with Crippen LogP contribution in [-0.2, 0) is 17.3 Å². The smallest absolute Gasteiger partial charge is 0.128 e. The largest absolute Gasteiger partial charge is 0.355 e. The Morgan fingerprint density at radius 2 is 2.17 bits per heavy atom. The highest BCUT2D eigenvalue weighted by atomic mass is 32.2. The third kappa shape index (κ3) is 3.78. The van der Waals surface area contributed by atoms with E-state index in [0.29, 0.717) is 0 Å². The van der Waals surface area contributed by atoms with Gasteiger partial charge in [0.15, 0.2) is 0 Å². The van der Waals surface area contributed by atoms with E-state index in [4.69, 9.17) is 0 Å². The highest BCUT2D eigenvalue weighted by Crippen LogP contribution is 2.13. The highest BCUT2D eigenvalue weighted by molar-refractivity contribution is 7.85. The molecule has 0 radical (unpaired) electrons. The summed E-state index contributed by atoms with van der Waals surface area (Å²) in [5.74, 6) is 2.54. The molecule has 2 rings (SSSR count). The molecule has 2 heterocycles. The molecular formula is C13H21N3OS. The van der Waals surface area contributed by atoms with Gasteiger partial charge in [-0.15, -0.1) is 0 Å². The van der Waals surface area contributed by atoms with E-state index in [1.165, 1.54) is 5.56 Å². The fourth-order valence-electron chi connectivity index (χ4n) is 1.98. The number of hydrogen-bond acceptors (Lipinski definition) is 4. The van der Waals surface area contributed by atoms with E-state index in [0.717, 1.165) is 49.9 Å².